The fraction of sp³-hybridized carbons (Fsp3) is 0.300. The lowest BCUT2D eigenvalue weighted by atomic mass is 10.1. The van der Waals surface area contributed by atoms with Gasteiger partial charge in [0.15, 0.2) is 11.6 Å². The van der Waals surface area contributed by atoms with Gasteiger partial charge in [-0.3, -0.25) is 4.79 Å². The van der Waals surface area contributed by atoms with Gasteiger partial charge in [-0.2, -0.15) is 8.78 Å². The molecule has 3 rings (SSSR count). The van der Waals surface area contributed by atoms with Crippen molar-refractivity contribution in [1.82, 2.24) is 10.2 Å². The van der Waals surface area contributed by atoms with Gasteiger partial charge in [-0.05, 0) is 29.7 Å². The van der Waals surface area contributed by atoms with Crippen LogP contribution < -0.4 is 15.4 Å². The number of alkyl halides is 2. The third-order valence-corrected chi connectivity index (χ3v) is 4.40. The number of urea groups is 1. The average molecular weight is 407 g/mol. The quantitative estimate of drug-likeness (QED) is 0.732. The molecule has 2 N–H and O–H groups in total. The number of benzene rings is 2. The number of anilines is 1. The molecular formula is C20H20F3N3O3. The van der Waals surface area contributed by atoms with Gasteiger partial charge in [-0.1, -0.05) is 24.3 Å². The molecule has 154 valence electrons. The number of rotatable bonds is 7. The highest BCUT2D eigenvalue weighted by Crippen LogP contribution is 2.22. The molecule has 9 heteroatoms. The zero-order valence-electron chi connectivity index (χ0n) is 15.5. The van der Waals surface area contributed by atoms with Crippen LogP contribution in [-0.4, -0.2) is 30.0 Å². The van der Waals surface area contributed by atoms with Crippen molar-refractivity contribution in [3.63, 3.8) is 0 Å². The molecule has 1 aliphatic heterocycles. The van der Waals surface area contributed by atoms with Gasteiger partial charge >= 0.3 is 12.6 Å². The fourth-order valence-corrected chi connectivity index (χ4v) is 3.06. The smallest absolute Gasteiger partial charge is 0.387 e. The molecule has 3 amide bonds. The van der Waals surface area contributed by atoms with E-state index < -0.39 is 24.2 Å². The van der Waals surface area contributed by atoms with Crippen LogP contribution in [0.1, 0.15) is 24.0 Å². The van der Waals surface area contributed by atoms with Crippen molar-refractivity contribution in [2.45, 2.75) is 32.5 Å². The van der Waals surface area contributed by atoms with Gasteiger partial charge in [-0.25, -0.2) is 9.18 Å². The molecule has 0 radical (unpaired) electrons. The molecule has 0 saturated carbocycles. The Morgan fingerprint density at radius 3 is 2.66 bits per heavy atom. The van der Waals surface area contributed by atoms with E-state index in [1.165, 1.54) is 6.07 Å². The summed E-state index contributed by atoms with van der Waals surface area (Å²) in [6, 6.07) is 10.1. The summed E-state index contributed by atoms with van der Waals surface area (Å²) in [5, 5.41) is 5.07. The fourth-order valence-electron chi connectivity index (χ4n) is 3.06. The lowest BCUT2D eigenvalue weighted by Gasteiger charge is -2.16. The van der Waals surface area contributed by atoms with Crippen LogP contribution in [0.25, 0.3) is 0 Å². The lowest BCUT2D eigenvalue weighted by molar-refractivity contribution is -0.128. The van der Waals surface area contributed by atoms with Crippen molar-refractivity contribution in [3.05, 3.63) is 59.4 Å². The SMILES string of the molecule is O=C(NCc1cccc(CN2CCCC2=O)c1)Nc1ccc(OC(F)F)c(F)c1. The lowest BCUT2D eigenvalue weighted by Crippen LogP contribution is -2.28. The second-order valence-electron chi connectivity index (χ2n) is 6.57. The van der Waals surface area contributed by atoms with E-state index >= 15 is 0 Å². The number of likely N-dealkylation sites (tertiary alicyclic amines) is 1. The maximum atomic E-state index is 13.7. The molecule has 0 aromatic heterocycles. The summed E-state index contributed by atoms with van der Waals surface area (Å²) < 4.78 is 42.0. The number of carbonyl (C=O) groups is 2. The highest BCUT2D eigenvalue weighted by atomic mass is 19.3. The minimum atomic E-state index is -3.13. The minimum Gasteiger partial charge on any atom is -0.432 e. The third-order valence-electron chi connectivity index (χ3n) is 4.40. The number of nitrogens with zero attached hydrogens (tertiary/aromatic N) is 1. The van der Waals surface area contributed by atoms with Gasteiger partial charge in [0.05, 0.1) is 0 Å². The zero-order valence-corrected chi connectivity index (χ0v) is 15.5. The van der Waals surface area contributed by atoms with Crippen LogP contribution in [0.15, 0.2) is 42.5 Å². The van der Waals surface area contributed by atoms with Crippen LogP contribution in [0.4, 0.5) is 23.7 Å². The molecule has 0 aliphatic carbocycles. The molecule has 6 nitrogen and oxygen atoms in total. The summed E-state index contributed by atoms with van der Waals surface area (Å²) in [4.78, 5) is 25.6. The van der Waals surface area contributed by atoms with E-state index in [-0.39, 0.29) is 18.1 Å². The third kappa shape index (κ3) is 5.87. The Kier molecular flexibility index (Phi) is 6.58. The Morgan fingerprint density at radius 1 is 1.17 bits per heavy atom. The Labute approximate surface area is 165 Å². The van der Waals surface area contributed by atoms with E-state index in [9.17, 15) is 22.8 Å². The summed E-state index contributed by atoms with van der Waals surface area (Å²) in [6.07, 6.45) is 1.45. The molecule has 1 aliphatic rings. The van der Waals surface area contributed by atoms with Crippen LogP contribution in [0, 0.1) is 5.82 Å². The van der Waals surface area contributed by atoms with E-state index in [2.05, 4.69) is 15.4 Å². The molecule has 2 aromatic rings. The standard InChI is InChI=1S/C20H20F3N3O3/c21-16-10-15(6-7-17(16)29-19(22)23)25-20(28)24-11-13-3-1-4-14(9-13)12-26-8-2-5-18(26)27/h1,3-4,6-7,9-10,19H,2,5,8,11-12H2,(H2,24,25,28). The largest absolute Gasteiger partial charge is 0.432 e. The van der Waals surface area contributed by atoms with Crippen molar-refractivity contribution in [2.24, 2.45) is 0 Å². The first-order valence-corrected chi connectivity index (χ1v) is 9.05. The molecular weight excluding hydrogens is 387 g/mol. The zero-order chi connectivity index (χ0) is 20.8. The van der Waals surface area contributed by atoms with Gasteiger partial charge in [0.1, 0.15) is 0 Å². The first-order chi connectivity index (χ1) is 13.9. The Balaban J connectivity index is 1.52. The second-order valence-corrected chi connectivity index (χ2v) is 6.57. The summed E-state index contributed by atoms with van der Waals surface area (Å²) in [7, 11) is 0. The second kappa shape index (κ2) is 9.31. The van der Waals surface area contributed by atoms with Crippen LogP contribution >= 0.6 is 0 Å². The van der Waals surface area contributed by atoms with Gasteiger partial charge in [-0.15, -0.1) is 0 Å². The predicted octanol–water partition coefficient (Wildman–Crippen LogP) is 3.87. The number of hydrogen-bond donors (Lipinski definition) is 2. The number of halogens is 3. The predicted molar refractivity (Wildman–Crippen MR) is 100.0 cm³/mol. The molecule has 0 bridgehead atoms. The molecule has 29 heavy (non-hydrogen) atoms. The number of amides is 3. The summed E-state index contributed by atoms with van der Waals surface area (Å²) in [6.45, 7) is -1.62. The Bertz CT molecular complexity index is 892. The van der Waals surface area contributed by atoms with Crippen LogP contribution in [-0.2, 0) is 17.9 Å². The Morgan fingerprint density at radius 2 is 1.97 bits per heavy atom. The summed E-state index contributed by atoms with van der Waals surface area (Å²) >= 11 is 0. The van der Waals surface area contributed by atoms with Crippen LogP contribution in [0.3, 0.4) is 0 Å². The average Bonchev–Trinajstić information content (AvgIpc) is 3.07. The number of carbonyl (C=O) groups excluding carboxylic acids is 2. The van der Waals surface area contributed by atoms with E-state index in [0.29, 0.717) is 13.0 Å². The van der Waals surface area contributed by atoms with Gasteiger partial charge in [0, 0.05) is 37.8 Å². The summed E-state index contributed by atoms with van der Waals surface area (Å²) in [5.41, 5.74) is 1.91. The molecule has 2 aromatic carbocycles. The maximum Gasteiger partial charge on any atom is 0.387 e. The first kappa shape index (κ1) is 20.5. The highest BCUT2D eigenvalue weighted by molar-refractivity contribution is 5.89. The van der Waals surface area contributed by atoms with Gasteiger partial charge in [0.2, 0.25) is 5.91 Å². The maximum absolute atomic E-state index is 13.7. The van der Waals surface area contributed by atoms with Crippen molar-refractivity contribution in [2.75, 3.05) is 11.9 Å². The molecule has 0 spiro atoms. The molecule has 0 atom stereocenters. The van der Waals surface area contributed by atoms with Crippen molar-refractivity contribution >= 4 is 17.6 Å². The molecule has 1 fully saturated rings. The highest BCUT2D eigenvalue weighted by Gasteiger charge is 2.20. The summed E-state index contributed by atoms with van der Waals surface area (Å²) in [5.74, 6) is -1.46. The van der Waals surface area contributed by atoms with Crippen LogP contribution in [0.5, 0.6) is 5.75 Å². The number of hydrogen-bond acceptors (Lipinski definition) is 3. The van der Waals surface area contributed by atoms with Crippen LogP contribution in [0.2, 0.25) is 0 Å². The van der Waals surface area contributed by atoms with Crippen molar-refractivity contribution in [3.8, 4) is 5.75 Å². The van der Waals surface area contributed by atoms with E-state index in [4.69, 9.17) is 0 Å². The monoisotopic (exact) mass is 407 g/mol. The normalized spacial score (nSPS) is 13.7. The van der Waals surface area contributed by atoms with Gasteiger partial charge in [0.25, 0.3) is 0 Å². The first-order valence-electron chi connectivity index (χ1n) is 9.05. The minimum absolute atomic E-state index is 0.0999. The van der Waals surface area contributed by atoms with E-state index in [0.717, 1.165) is 36.2 Å². The number of nitrogens with one attached hydrogen (secondary N) is 2. The van der Waals surface area contributed by atoms with Gasteiger partial charge < -0.3 is 20.3 Å². The topological polar surface area (TPSA) is 70.7 Å². The van der Waals surface area contributed by atoms with E-state index in [1.54, 1.807) is 4.90 Å². The van der Waals surface area contributed by atoms with Crippen molar-refractivity contribution in [1.29, 1.82) is 0 Å². The number of ether oxygens (including phenoxy) is 1. The molecule has 1 heterocycles. The molecule has 0 unspecified atom stereocenters. The Hall–Kier alpha value is -3.23. The van der Waals surface area contributed by atoms with Crippen molar-refractivity contribution < 1.29 is 27.5 Å². The molecule has 1 saturated heterocycles. The van der Waals surface area contributed by atoms with E-state index in [1.807, 2.05) is 24.3 Å².